The van der Waals surface area contributed by atoms with Crippen LogP contribution >= 0.6 is 0 Å². The lowest BCUT2D eigenvalue weighted by Gasteiger charge is -2.54. The lowest BCUT2D eigenvalue weighted by atomic mass is 9.80. The number of Topliss-reactive ketones (excluding diaryl/α,β-unsaturated/α-hetero) is 1. The first kappa shape index (κ1) is 53.3. The van der Waals surface area contributed by atoms with E-state index in [0.29, 0.717) is 41.6 Å². The molecule has 0 bridgehead atoms. The van der Waals surface area contributed by atoms with Crippen LogP contribution in [-0.4, -0.2) is 92.8 Å². The van der Waals surface area contributed by atoms with Gasteiger partial charge in [0, 0.05) is 36.6 Å². The lowest BCUT2D eigenvalue weighted by Crippen LogP contribution is -2.69. The molecule has 0 radical (unpaired) electrons. The van der Waals surface area contributed by atoms with Crippen LogP contribution in [0, 0.1) is 27.6 Å². The van der Waals surface area contributed by atoms with Crippen LogP contribution in [0.15, 0.2) is 23.0 Å². The van der Waals surface area contributed by atoms with Gasteiger partial charge in [-0.3, -0.25) is 28.9 Å². The fourth-order valence-electron chi connectivity index (χ4n) is 8.69. The Morgan fingerprint density at radius 1 is 0.726 bits per heavy atom. The predicted molar refractivity (Wildman–Crippen MR) is 239 cm³/mol. The van der Waals surface area contributed by atoms with Gasteiger partial charge >= 0.3 is 23.9 Å². The maximum atomic E-state index is 14.2. The van der Waals surface area contributed by atoms with Crippen molar-refractivity contribution in [1.29, 1.82) is 0 Å². The van der Waals surface area contributed by atoms with Gasteiger partial charge in [-0.1, -0.05) is 48.5 Å². The Labute approximate surface area is 373 Å². The number of carbonyl (C=O) groups excluding carboxylic acids is 5. The Hall–Kier alpha value is -3.07. The highest BCUT2D eigenvalue weighted by molar-refractivity contribution is 6.77. The third kappa shape index (κ3) is 12.6. The van der Waals surface area contributed by atoms with Gasteiger partial charge in [0.15, 0.2) is 32.9 Å². The molecule has 0 aliphatic carbocycles. The first-order valence-electron chi connectivity index (χ1n) is 22.7. The maximum Gasteiger partial charge on any atom is 0.311 e. The topological polar surface area (TPSA) is 157 Å². The summed E-state index contributed by atoms with van der Waals surface area (Å²) in [6.45, 7) is 35.9. The van der Waals surface area contributed by atoms with E-state index in [1.807, 2.05) is 11.8 Å². The van der Waals surface area contributed by atoms with Gasteiger partial charge in [-0.25, -0.2) is 0 Å². The number of hydrogen-bond donors (Lipinski definition) is 0. The average molecular weight is 892 g/mol. The van der Waals surface area contributed by atoms with Crippen LogP contribution in [0.5, 0.6) is 0 Å². The van der Waals surface area contributed by atoms with E-state index >= 15 is 0 Å². The van der Waals surface area contributed by atoms with E-state index in [2.05, 4.69) is 41.5 Å². The Kier molecular flexibility index (Phi) is 17.5. The molecule has 62 heavy (non-hydrogen) atoms. The second kappa shape index (κ2) is 20.4. The van der Waals surface area contributed by atoms with Crippen LogP contribution in [0.25, 0.3) is 0 Å². The number of hydrogen-bond acceptors (Lipinski definition) is 13. The molecular formula is C48H81NO12Si. The Bertz CT molecular complexity index is 1650. The molecule has 0 amide bonds. The number of ketones is 1. The summed E-state index contributed by atoms with van der Waals surface area (Å²) >= 11 is 0. The van der Waals surface area contributed by atoms with E-state index < -0.39 is 102 Å². The number of rotatable bonds is 15. The summed E-state index contributed by atoms with van der Waals surface area (Å²) in [5, 5.41) is 0. The molecule has 354 valence electrons. The van der Waals surface area contributed by atoms with E-state index in [-0.39, 0.29) is 18.8 Å². The van der Waals surface area contributed by atoms with Crippen molar-refractivity contribution in [2.75, 3.05) is 13.2 Å². The average Bonchev–Trinajstić information content (AvgIpc) is 3.67. The van der Waals surface area contributed by atoms with E-state index in [0.717, 1.165) is 0 Å². The molecular weight excluding hydrogens is 811 g/mol. The van der Waals surface area contributed by atoms with Crippen LogP contribution < -0.4 is 0 Å². The van der Waals surface area contributed by atoms with Crippen molar-refractivity contribution in [3.8, 4) is 0 Å². The van der Waals surface area contributed by atoms with E-state index in [9.17, 15) is 24.0 Å². The highest BCUT2D eigenvalue weighted by Gasteiger charge is 2.59. The number of carbonyl (C=O) groups is 5. The van der Waals surface area contributed by atoms with Gasteiger partial charge < -0.3 is 32.5 Å². The standard InChI is InChI=1S/C48H81NO12Si/c1-28(2)62(29(3)4,30(5)6)57-23-20-21-33-31(7)35(50)25-34(32-22-24-55-26-32)49(33)40-39(61-44(54)48(17,18)19)38(60-43(53)47(14,15)16)37(59-42(52)46(11,12)13)36(58-40)27-56-41(51)45(8,9)10/h22,24,26,28-31,33-34,36-40H,20-21,23,25,27H2,1-19H3/t31-,33-,34-,36+,37-,38-,39+,40+/m0/s1. The monoisotopic (exact) mass is 892 g/mol. The number of likely N-dealkylation sites (tertiary alicyclic amines) is 1. The second-order valence-corrected chi connectivity index (χ2v) is 28.1. The smallest absolute Gasteiger partial charge is 0.311 e. The molecule has 2 fully saturated rings. The molecule has 8 atom stereocenters. The molecule has 13 nitrogen and oxygen atoms in total. The van der Waals surface area contributed by atoms with Gasteiger partial charge in [-0.2, -0.15) is 0 Å². The molecule has 3 rings (SSSR count). The largest absolute Gasteiger partial charge is 0.472 e. The summed E-state index contributed by atoms with van der Waals surface area (Å²) in [5.41, 5.74) is -2.12. The zero-order valence-corrected chi connectivity index (χ0v) is 42.5. The summed E-state index contributed by atoms with van der Waals surface area (Å²) in [5.74, 6) is -2.89. The number of ether oxygens (including phenoxy) is 5. The highest BCUT2D eigenvalue weighted by atomic mass is 28.4. The number of nitrogens with zero attached hydrogens (tertiary/aromatic N) is 1. The Morgan fingerprint density at radius 3 is 1.63 bits per heavy atom. The summed E-state index contributed by atoms with van der Waals surface area (Å²) in [6.07, 6.45) is -2.33. The van der Waals surface area contributed by atoms with Gasteiger partial charge in [0.05, 0.1) is 34.2 Å². The molecule has 0 unspecified atom stereocenters. The first-order valence-corrected chi connectivity index (χ1v) is 24.8. The molecule has 2 saturated heterocycles. The van der Waals surface area contributed by atoms with Gasteiger partial charge in [0.25, 0.3) is 0 Å². The second-order valence-electron chi connectivity index (χ2n) is 22.6. The van der Waals surface area contributed by atoms with Crippen LogP contribution in [0.2, 0.25) is 16.6 Å². The van der Waals surface area contributed by atoms with Crippen molar-refractivity contribution in [2.45, 2.75) is 210 Å². The predicted octanol–water partition coefficient (Wildman–Crippen LogP) is 9.76. The van der Waals surface area contributed by atoms with Crippen LogP contribution in [0.1, 0.15) is 162 Å². The third-order valence-corrected chi connectivity index (χ3v) is 18.4. The number of furan rings is 1. The van der Waals surface area contributed by atoms with Crippen molar-refractivity contribution in [3.05, 3.63) is 24.2 Å². The quantitative estimate of drug-likeness (QED) is 0.0710. The highest BCUT2D eigenvalue weighted by Crippen LogP contribution is 2.46. The minimum Gasteiger partial charge on any atom is -0.472 e. The Morgan fingerprint density at radius 2 is 1.19 bits per heavy atom. The summed E-state index contributed by atoms with van der Waals surface area (Å²) in [4.78, 5) is 71.6. The molecule has 1 aromatic heterocycles. The molecule has 0 saturated carbocycles. The maximum absolute atomic E-state index is 14.2. The first-order chi connectivity index (χ1) is 28.3. The molecule has 2 aliphatic heterocycles. The third-order valence-electron chi connectivity index (χ3n) is 12.3. The van der Waals surface area contributed by atoms with E-state index in [4.69, 9.17) is 32.5 Å². The van der Waals surface area contributed by atoms with Gasteiger partial charge in [-0.15, -0.1) is 0 Å². The molecule has 1 aromatic rings. The minimum absolute atomic E-state index is 0.0380. The summed E-state index contributed by atoms with van der Waals surface area (Å²) in [7, 11) is -2.22. The fourth-order valence-corrected chi connectivity index (χ4v) is 14.2. The van der Waals surface area contributed by atoms with Crippen molar-refractivity contribution in [1.82, 2.24) is 4.90 Å². The normalized spacial score (nSPS) is 25.9. The molecule has 0 aromatic carbocycles. The Balaban J connectivity index is 2.35. The van der Waals surface area contributed by atoms with Crippen molar-refractivity contribution < 1.29 is 56.5 Å². The molecule has 14 heteroatoms. The van der Waals surface area contributed by atoms with E-state index in [1.165, 1.54) is 6.26 Å². The number of piperidine rings is 1. The van der Waals surface area contributed by atoms with E-state index in [1.54, 1.807) is 95.4 Å². The fraction of sp³-hybridized carbons (Fsp3) is 0.812. The molecule has 2 aliphatic rings. The molecule has 0 spiro atoms. The zero-order valence-electron chi connectivity index (χ0n) is 41.5. The van der Waals surface area contributed by atoms with Gasteiger partial charge in [0.2, 0.25) is 0 Å². The summed E-state index contributed by atoms with van der Waals surface area (Å²) < 4.78 is 44.7. The lowest BCUT2D eigenvalue weighted by molar-refractivity contribution is -0.295. The summed E-state index contributed by atoms with van der Waals surface area (Å²) in [6, 6.07) is 0.658. The zero-order chi connectivity index (χ0) is 47.5. The SMILES string of the molecule is CC(C)[Si](OCCC[C@H]1[C@H](C)C(=O)C[C@@H](c2ccoc2)N1[C@@H]1O[C@H](COC(=O)C(C)(C)C)[C@H](OC(=O)C(C)(C)C)[C@H](OC(=O)C(C)(C)C)[C@H]1OC(=O)C(C)(C)C)(C(C)C)C(C)C. The van der Waals surface area contributed by atoms with Crippen LogP contribution in [0.4, 0.5) is 0 Å². The molecule has 0 N–H and O–H groups in total. The van der Waals surface area contributed by atoms with Crippen molar-refractivity contribution in [2.24, 2.45) is 27.6 Å². The van der Waals surface area contributed by atoms with Crippen molar-refractivity contribution in [3.63, 3.8) is 0 Å². The number of esters is 4. The van der Waals surface area contributed by atoms with Gasteiger partial charge in [-0.05, 0) is 119 Å². The molecule has 3 heterocycles. The minimum atomic E-state index is -2.22. The van der Waals surface area contributed by atoms with Crippen molar-refractivity contribution >= 4 is 38.0 Å². The van der Waals surface area contributed by atoms with Crippen LogP contribution in [0.3, 0.4) is 0 Å². The van der Waals surface area contributed by atoms with Gasteiger partial charge in [0.1, 0.15) is 18.5 Å². The van der Waals surface area contributed by atoms with Crippen LogP contribution in [-0.2, 0) is 52.1 Å².